The van der Waals surface area contributed by atoms with E-state index < -0.39 is 5.92 Å². The summed E-state index contributed by atoms with van der Waals surface area (Å²) in [5, 5.41) is 10.2. The first-order valence-electron chi connectivity index (χ1n) is 18.8. The maximum absolute atomic E-state index is 13.7. The van der Waals surface area contributed by atoms with Crippen molar-refractivity contribution in [3.05, 3.63) is 80.2 Å². The van der Waals surface area contributed by atoms with Crippen molar-refractivity contribution in [1.82, 2.24) is 24.9 Å². The minimum atomic E-state index is -0.390. The summed E-state index contributed by atoms with van der Waals surface area (Å²) >= 11 is 6.33. The molecule has 0 bridgehead atoms. The van der Waals surface area contributed by atoms with Crippen LogP contribution in [0.1, 0.15) is 83.8 Å². The Labute approximate surface area is 315 Å². The lowest BCUT2D eigenvalue weighted by Crippen LogP contribution is -2.48. The third-order valence-electron chi connectivity index (χ3n) is 12.1. The van der Waals surface area contributed by atoms with E-state index in [0.717, 1.165) is 93.8 Å². The van der Waals surface area contributed by atoms with Gasteiger partial charge in [0.15, 0.2) is 0 Å². The molecule has 4 aliphatic heterocycles. The maximum Gasteiger partial charge on any atom is 0.287 e. The average molecular weight is 744 g/mol. The lowest BCUT2D eigenvalue weighted by molar-refractivity contribution is -0.134. The number of benzene rings is 2. The molecule has 13 heteroatoms. The Morgan fingerprint density at radius 2 is 1.70 bits per heavy atom. The smallest absolute Gasteiger partial charge is 0.287 e. The number of nitrogens with zero attached hydrogens (tertiary/aromatic N) is 5. The van der Waals surface area contributed by atoms with Crippen molar-refractivity contribution in [2.24, 2.45) is 12.5 Å². The molecule has 12 nitrogen and oxygen atoms in total. The standard InChI is InChI=1S/C40H50ClN7O5/c1-25-19-31(30-9-10-35(49)44-37(30)50)34(53-4)21-33(25)47-15-11-40(12-16-47)13-17-48(18-14-40)38(51)27-7-5-26(6-8-27)28-20-29(24-45(2)23-28)43-32-22-42-46(3)39(52)36(32)41/h5-8,19,21-22,28-30,43H,9-18,20,23-24H2,1-4H3,(H,44,49,50)/t28-,29+,30?/m1/s1. The zero-order valence-electron chi connectivity index (χ0n) is 31.1. The topological polar surface area (TPSA) is 129 Å². The number of likely N-dealkylation sites (N-methyl/N-ethyl adjacent to an activating group) is 1. The van der Waals surface area contributed by atoms with Gasteiger partial charge in [0.2, 0.25) is 11.8 Å². The van der Waals surface area contributed by atoms with Gasteiger partial charge in [-0.25, -0.2) is 4.68 Å². The molecule has 2 N–H and O–H groups in total. The minimum Gasteiger partial charge on any atom is -0.496 e. The van der Waals surface area contributed by atoms with E-state index in [1.54, 1.807) is 20.4 Å². The Morgan fingerprint density at radius 3 is 2.38 bits per heavy atom. The second-order valence-corrected chi connectivity index (χ2v) is 16.0. The van der Waals surface area contributed by atoms with Crippen LogP contribution in [0.2, 0.25) is 5.02 Å². The lowest BCUT2D eigenvalue weighted by atomic mass is 9.71. The van der Waals surface area contributed by atoms with E-state index in [2.05, 4.69) is 63.8 Å². The van der Waals surface area contributed by atoms with Gasteiger partial charge < -0.3 is 24.8 Å². The largest absolute Gasteiger partial charge is 0.496 e. The van der Waals surface area contributed by atoms with Gasteiger partial charge in [0, 0.05) is 81.7 Å². The third kappa shape index (κ3) is 7.66. The van der Waals surface area contributed by atoms with Crippen LogP contribution in [0.15, 0.2) is 47.4 Å². The number of hydrogen-bond acceptors (Lipinski definition) is 9. The molecule has 282 valence electrons. The van der Waals surface area contributed by atoms with Crippen LogP contribution in [0.3, 0.4) is 0 Å². The van der Waals surface area contributed by atoms with Crippen LogP contribution in [0.5, 0.6) is 5.75 Å². The predicted octanol–water partition coefficient (Wildman–Crippen LogP) is 4.69. The molecular weight excluding hydrogens is 694 g/mol. The molecule has 4 saturated heterocycles. The molecule has 0 radical (unpaired) electrons. The molecule has 53 heavy (non-hydrogen) atoms. The van der Waals surface area contributed by atoms with Gasteiger partial charge in [0.25, 0.3) is 11.5 Å². The Balaban J connectivity index is 0.930. The number of nitrogens with one attached hydrogen (secondary N) is 2. The number of likely N-dealkylation sites (tertiary alicyclic amines) is 2. The quantitative estimate of drug-likeness (QED) is 0.331. The van der Waals surface area contributed by atoms with Gasteiger partial charge in [-0.2, -0.15) is 5.10 Å². The molecule has 3 atom stereocenters. The summed E-state index contributed by atoms with van der Waals surface area (Å²) in [5.41, 5.74) is 5.44. The second-order valence-electron chi connectivity index (χ2n) is 15.6. The summed E-state index contributed by atoms with van der Waals surface area (Å²) in [4.78, 5) is 57.0. The number of hydrogen-bond donors (Lipinski definition) is 2. The van der Waals surface area contributed by atoms with Gasteiger partial charge in [-0.3, -0.25) is 24.5 Å². The van der Waals surface area contributed by atoms with Gasteiger partial charge in [-0.1, -0.05) is 23.7 Å². The van der Waals surface area contributed by atoms with E-state index >= 15 is 0 Å². The van der Waals surface area contributed by atoms with E-state index in [1.165, 1.54) is 10.2 Å². The number of methoxy groups -OCH3 is 1. The molecule has 2 aromatic carbocycles. The van der Waals surface area contributed by atoms with Crippen LogP contribution in [0.4, 0.5) is 11.4 Å². The molecule has 1 aromatic heterocycles. The summed E-state index contributed by atoms with van der Waals surface area (Å²) < 4.78 is 7.00. The predicted molar refractivity (Wildman–Crippen MR) is 205 cm³/mol. The molecular formula is C40H50ClN7O5. The zero-order chi connectivity index (χ0) is 37.4. The van der Waals surface area contributed by atoms with E-state index in [-0.39, 0.29) is 45.7 Å². The number of halogens is 1. The van der Waals surface area contributed by atoms with E-state index in [9.17, 15) is 19.2 Å². The minimum absolute atomic E-state index is 0.0933. The fourth-order valence-electron chi connectivity index (χ4n) is 8.96. The highest BCUT2D eigenvalue weighted by Crippen LogP contribution is 2.44. The van der Waals surface area contributed by atoms with Gasteiger partial charge in [0.05, 0.1) is 24.9 Å². The van der Waals surface area contributed by atoms with Crippen LogP contribution in [0, 0.1) is 12.3 Å². The first-order chi connectivity index (χ1) is 25.4. The second kappa shape index (κ2) is 15.1. The van der Waals surface area contributed by atoms with Gasteiger partial charge in [-0.15, -0.1) is 0 Å². The Kier molecular flexibility index (Phi) is 10.5. The number of aryl methyl sites for hydroxylation is 2. The molecule has 0 aliphatic carbocycles. The number of imide groups is 1. The van der Waals surface area contributed by atoms with Crippen LogP contribution < -0.4 is 25.8 Å². The number of ether oxygens (including phenoxy) is 1. The van der Waals surface area contributed by atoms with Crippen LogP contribution in [0.25, 0.3) is 0 Å². The van der Waals surface area contributed by atoms with E-state index in [4.69, 9.17) is 16.3 Å². The average Bonchev–Trinajstić information content (AvgIpc) is 3.15. The van der Waals surface area contributed by atoms with Crippen molar-refractivity contribution < 1.29 is 19.1 Å². The summed E-state index contributed by atoms with van der Waals surface area (Å²) in [6.07, 6.45) is 7.42. The maximum atomic E-state index is 13.7. The highest BCUT2D eigenvalue weighted by molar-refractivity contribution is 6.32. The number of amides is 3. The van der Waals surface area contributed by atoms with Crippen molar-refractivity contribution in [3.63, 3.8) is 0 Å². The highest BCUT2D eigenvalue weighted by atomic mass is 35.5. The summed E-state index contributed by atoms with van der Waals surface area (Å²) in [6.45, 7) is 7.18. The van der Waals surface area contributed by atoms with Crippen molar-refractivity contribution in [1.29, 1.82) is 0 Å². The van der Waals surface area contributed by atoms with Crippen molar-refractivity contribution in [2.45, 2.75) is 69.7 Å². The van der Waals surface area contributed by atoms with E-state index in [0.29, 0.717) is 24.3 Å². The monoisotopic (exact) mass is 743 g/mol. The lowest BCUT2D eigenvalue weighted by Gasteiger charge is -2.47. The fraction of sp³-hybridized carbons (Fsp3) is 0.525. The zero-order valence-corrected chi connectivity index (χ0v) is 31.9. The van der Waals surface area contributed by atoms with E-state index in [1.807, 2.05) is 17.0 Å². The summed E-state index contributed by atoms with van der Waals surface area (Å²) in [6, 6.07) is 12.3. The number of carbonyl (C=O) groups is 3. The van der Waals surface area contributed by atoms with Gasteiger partial charge >= 0.3 is 0 Å². The number of rotatable bonds is 7. The molecule has 0 saturated carbocycles. The fourth-order valence-corrected chi connectivity index (χ4v) is 9.19. The highest BCUT2D eigenvalue weighted by Gasteiger charge is 2.39. The van der Waals surface area contributed by atoms with Crippen molar-refractivity contribution >= 4 is 40.7 Å². The first-order valence-corrected chi connectivity index (χ1v) is 19.1. The molecule has 7 rings (SSSR count). The Hall–Kier alpha value is -4.42. The molecule has 3 amide bonds. The van der Waals surface area contributed by atoms with Gasteiger partial charge in [0.1, 0.15) is 10.8 Å². The normalized spacial score (nSPS) is 23.5. The van der Waals surface area contributed by atoms with Crippen LogP contribution >= 0.6 is 11.6 Å². The Morgan fingerprint density at radius 1 is 1.00 bits per heavy atom. The van der Waals surface area contributed by atoms with Crippen LogP contribution in [-0.2, 0) is 16.6 Å². The number of carbonyl (C=O) groups excluding carboxylic acids is 3. The Bertz CT molecular complexity index is 1930. The van der Waals surface area contributed by atoms with Crippen molar-refractivity contribution in [3.8, 4) is 5.75 Å². The molecule has 3 aromatic rings. The number of piperidine rings is 4. The number of aromatic nitrogens is 2. The van der Waals surface area contributed by atoms with Crippen LogP contribution in [-0.4, -0.2) is 96.8 Å². The van der Waals surface area contributed by atoms with Gasteiger partial charge in [-0.05, 0) is 93.2 Å². The summed E-state index contributed by atoms with van der Waals surface area (Å²) in [5.74, 6) is 0.180. The number of anilines is 2. The first kappa shape index (κ1) is 36.9. The molecule has 1 spiro atoms. The molecule has 4 fully saturated rings. The summed E-state index contributed by atoms with van der Waals surface area (Å²) in [7, 11) is 5.31. The third-order valence-corrected chi connectivity index (χ3v) is 12.5. The molecule has 1 unspecified atom stereocenters. The van der Waals surface area contributed by atoms with Crippen molar-refractivity contribution in [2.75, 3.05) is 63.6 Å². The SMILES string of the molecule is COc1cc(N2CCC3(CCN(C(=O)c4ccc([C@@H]5C[C@H](Nc6cnn(C)c(=O)c6Cl)CN(C)C5)cc4)CC3)CC2)c(C)cc1C1CCC(=O)NC1=O. The molecule has 4 aliphatic rings. The molecule has 5 heterocycles.